The molecule has 102 valence electrons. The summed E-state index contributed by atoms with van der Waals surface area (Å²) in [7, 11) is 0. The molecule has 1 saturated carbocycles. The highest BCUT2D eigenvalue weighted by molar-refractivity contribution is 7.80. The fourth-order valence-corrected chi connectivity index (χ4v) is 3.10. The molecule has 19 heavy (non-hydrogen) atoms. The highest BCUT2D eigenvalue weighted by Crippen LogP contribution is 2.31. The summed E-state index contributed by atoms with van der Waals surface area (Å²) in [5.74, 6) is 0. The van der Waals surface area contributed by atoms with Gasteiger partial charge in [0.1, 0.15) is 4.99 Å². The Morgan fingerprint density at radius 1 is 1.37 bits per heavy atom. The highest BCUT2D eigenvalue weighted by atomic mass is 35.5. The molecule has 1 aromatic carbocycles. The monoisotopic (exact) mass is 295 g/mol. The summed E-state index contributed by atoms with van der Waals surface area (Å²) in [6.07, 6.45) is 3.89. The van der Waals surface area contributed by atoms with E-state index in [1.807, 2.05) is 18.2 Å². The number of benzene rings is 1. The van der Waals surface area contributed by atoms with E-state index in [1.165, 1.54) is 25.8 Å². The number of thiocarbonyl (C=S) groups is 1. The Labute approximate surface area is 124 Å². The Hall–Kier alpha value is -0.840. The van der Waals surface area contributed by atoms with Gasteiger partial charge in [-0.1, -0.05) is 23.8 Å². The molecule has 1 heterocycles. The van der Waals surface area contributed by atoms with Crippen LogP contribution in [-0.2, 0) is 0 Å². The fourth-order valence-electron chi connectivity index (χ4n) is 2.75. The van der Waals surface area contributed by atoms with E-state index in [9.17, 15) is 0 Å². The van der Waals surface area contributed by atoms with Crippen molar-refractivity contribution in [2.24, 2.45) is 5.73 Å². The largest absolute Gasteiger partial charge is 0.389 e. The first-order valence-electron chi connectivity index (χ1n) is 6.73. The van der Waals surface area contributed by atoms with Gasteiger partial charge in [-0.2, -0.15) is 0 Å². The molecule has 2 fully saturated rings. The minimum atomic E-state index is 0.413. The number of hydrogen-bond donors (Lipinski definition) is 2. The highest BCUT2D eigenvalue weighted by Gasteiger charge is 2.34. The molecule has 1 aliphatic heterocycles. The molecule has 3 N–H and O–H groups in total. The van der Waals surface area contributed by atoms with E-state index in [0.717, 1.165) is 23.8 Å². The van der Waals surface area contributed by atoms with Gasteiger partial charge in [0, 0.05) is 41.4 Å². The SMILES string of the molecule is NC(=S)c1ccc(Cl)cc1NC1CCN(C2CC2)C1. The summed E-state index contributed by atoms with van der Waals surface area (Å²) in [5.41, 5.74) is 7.60. The first-order valence-corrected chi connectivity index (χ1v) is 7.52. The quantitative estimate of drug-likeness (QED) is 0.838. The molecule has 0 spiro atoms. The van der Waals surface area contributed by atoms with E-state index in [2.05, 4.69) is 10.2 Å². The number of anilines is 1. The van der Waals surface area contributed by atoms with Crippen molar-refractivity contribution in [1.29, 1.82) is 0 Å². The smallest absolute Gasteiger partial charge is 0.106 e. The topological polar surface area (TPSA) is 41.3 Å². The molecular formula is C14H18ClN3S. The van der Waals surface area contributed by atoms with Gasteiger partial charge in [0.05, 0.1) is 0 Å². The number of hydrogen-bond acceptors (Lipinski definition) is 3. The molecule has 1 aromatic rings. The van der Waals surface area contributed by atoms with Crippen LogP contribution in [0, 0.1) is 0 Å². The van der Waals surface area contributed by atoms with Gasteiger partial charge < -0.3 is 11.1 Å². The van der Waals surface area contributed by atoms with Crippen LogP contribution < -0.4 is 11.1 Å². The van der Waals surface area contributed by atoms with Crippen LogP contribution in [0.1, 0.15) is 24.8 Å². The first-order chi connectivity index (χ1) is 9.13. The number of nitrogens with one attached hydrogen (secondary N) is 1. The number of nitrogens with two attached hydrogens (primary N) is 1. The fraction of sp³-hybridized carbons (Fsp3) is 0.500. The second-order valence-corrected chi connectivity index (χ2v) is 6.29. The van der Waals surface area contributed by atoms with Gasteiger partial charge in [0.15, 0.2) is 0 Å². The lowest BCUT2D eigenvalue weighted by molar-refractivity contribution is 0.326. The molecule has 1 saturated heterocycles. The van der Waals surface area contributed by atoms with E-state index in [-0.39, 0.29) is 0 Å². The summed E-state index contributed by atoms with van der Waals surface area (Å²) >= 11 is 11.2. The van der Waals surface area contributed by atoms with Crippen LogP contribution in [-0.4, -0.2) is 35.1 Å². The van der Waals surface area contributed by atoms with E-state index >= 15 is 0 Å². The van der Waals surface area contributed by atoms with Crippen LogP contribution in [0.15, 0.2) is 18.2 Å². The lowest BCUT2D eigenvalue weighted by atomic mass is 10.1. The molecule has 3 rings (SSSR count). The summed E-state index contributed by atoms with van der Waals surface area (Å²) in [4.78, 5) is 2.99. The van der Waals surface area contributed by atoms with Crippen molar-refractivity contribution in [3.05, 3.63) is 28.8 Å². The zero-order valence-corrected chi connectivity index (χ0v) is 12.3. The van der Waals surface area contributed by atoms with Crippen LogP contribution in [0.25, 0.3) is 0 Å². The van der Waals surface area contributed by atoms with Gasteiger partial charge in [-0.3, -0.25) is 4.90 Å². The maximum atomic E-state index is 6.06. The van der Waals surface area contributed by atoms with Gasteiger partial charge in [-0.25, -0.2) is 0 Å². The molecule has 1 atom stereocenters. The third-order valence-electron chi connectivity index (χ3n) is 3.89. The molecule has 0 radical (unpaired) electrons. The van der Waals surface area contributed by atoms with Gasteiger partial charge >= 0.3 is 0 Å². The van der Waals surface area contributed by atoms with Crippen molar-refractivity contribution in [2.45, 2.75) is 31.3 Å². The van der Waals surface area contributed by atoms with Gasteiger partial charge in [0.25, 0.3) is 0 Å². The molecule has 1 aliphatic carbocycles. The maximum absolute atomic E-state index is 6.06. The predicted molar refractivity (Wildman–Crippen MR) is 84.0 cm³/mol. The summed E-state index contributed by atoms with van der Waals surface area (Å²) in [6.45, 7) is 2.29. The Morgan fingerprint density at radius 2 is 2.16 bits per heavy atom. The van der Waals surface area contributed by atoms with Crippen molar-refractivity contribution in [3.8, 4) is 0 Å². The zero-order valence-electron chi connectivity index (χ0n) is 10.7. The lowest BCUT2D eigenvalue weighted by Gasteiger charge is -2.18. The van der Waals surface area contributed by atoms with Crippen molar-refractivity contribution >= 4 is 34.5 Å². The van der Waals surface area contributed by atoms with E-state index in [1.54, 1.807) is 0 Å². The molecule has 0 aromatic heterocycles. The van der Waals surface area contributed by atoms with Crippen molar-refractivity contribution in [3.63, 3.8) is 0 Å². The molecule has 3 nitrogen and oxygen atoms in total. The van der Waals surface area contributed by atoms with E-state index in [0.29, 0.717) is 16.1 Å². The van der Waals surface area contributed by atoms with E-state index in [4.69, 9.17) is 29.6 Å². The zero-order chi connectivity index (χ0) is 13.4. The number of nitrogens with zero attached hydrogens (tertiary/aromatic N) is 1. The molecule has 0 bridgehead atoms. The van der Waals surface area contributed by atoms with Gasteiger partial charge in [0.2, 0.25) is 0 Å². The lowest BCUT2D eigenvalue weighted by Crippen LogP contribution is -2.28. The number of halogens is 1. The predicted octanol–water partition coefficient (Wildman–Crippen LogP) is 2.62. The molecular weight excluding hydrogens is 278 g/mol. The Balaban J connectivity index is 1.72. The molecule has 5 heteroatoms. The van der Waals surface area contributed by atoms with Crippen LogP contribution >= 0.6 is 23.8 Å². The average Bonchev–Trinajstić information content (AvgIpc) is 3.10. The second kappa shape index (κ2) is 5.27. The van der Waals surface area contributed by atoms with Crippen LogP contribution in [0.3, 0.4) is 0 Å². The number of likely N-dealkylation sites (tertiary alicyclic amines) is 1. The van der Waals surface area contributed by atoms with Gasteiger partial charge in [-0.15, -0.1) is 0 Å². The Kier molecular flexibility index (Phi) is 3.65. The minimum absolute atomic E-state index is 0.413. The Bertz CT molecular complexity index is 501. The summed E-state index contributed by atoms with van der Waals surface area (Å²) in [6, 6.07) is 6.93. The van der Waals surface area contributed by atoms with Crippen LogP contribution in [0.5, 0.6) is 0 Å². The third kappa shape index (κ3) is 3.02. The number of rotatable bonds is 4. The molecule has 2 aliphatic rings. The Morgan fingerprint density at radius 3 is 2.84 bits per heavy atom. The third-order valence-corrected chi connectivity index (χ3v) is 4.34. The van der Waals surface area contributed by atoms with Gasteiger partial charge in [-0.05, 0) is 37.5 Å². The molecule has 1 unspecified atom stereocenters. The van der Waals surface area contributed by atoms with Crippen LogP contribution in [0.2, 0.25) is 5.02 Å². The maximum Gasteiger partial charge on any atom is 0.106 e. The van der Waals surface area contributed by atoms with Crippen molar-refractivity contribution in [1.82, 2.24) is 4.90 Å². The minimum Gasteiger partial charge on any atom is -0.389 e. The van der Waals surface area contributed by atoms with Crippen molar-refractivity contribution in [2.75, 3.05) is 18.4 Å². The first kappa shape index (κ1) is 13.2. The normalized spacial score (nSPS) is 23.5. The standard InChI is InChI=1S/C14H18ClN3S/c15-9-1-4-12(14(16)19)13(7-9)17-10-5-6-18(8-10)11-2-3-11/h1,4,7,10-11,17H,2-3,5-6,8H2,(H2,16,19). The second-order valence-electron chi connectivity index (χ2n) is 5.41. The van der Waals surface area contributed by atoms with E-state index < -0.39 is 0 Å². The summed E-state index contributed by atoms with van der Waals surface area (Å²) < 4.78 is 0. The van der Waals surface area contributed by atoms with Crippen molar-refractivity contribution < 1.29 is 0 Å². The summed E-state index contributed by atoms with van der Waals surface area (Å²) in [5, 5.41) is 4.26. The van der Waals surface area contributed by atoms with Crippen LogP contribution in [0.4, 0.5) is 5.69 Å². The molecule has 0 amide bonds. The average molecular weight is 296 g/mol.